The first-order valence-electron chi connectivity index (χ1n) is 17.1. The van der Waals surface area contributed by atoms with E-state index in [1.165, 1.54) is 54.6 Å². The summed E-state index contributed by atoms with van der Waals surface area (Å²) in [6.07, 6.45) is 0. The third-order valence-electron chi connectivity index (χ3n) is 10.0. The van der Waals surface area contributed by atoms with Gasteiger partial charge in [-0.05, 0) is 109 Å². The second kappa shape index (κ2) is 11.5. The monoisotopic (exact) mass is 637 g/mol. The molecule has 1 aromatic heterocycles. The van der Waals surface area contributed by atoms with E-state index in [1.54, 1.807) is 0 Å². The minimum absolute atomic E-state index is 0.887. The highest BCUT2D eigenvalue weighted by molar-refractivity contribution is 6.14. The highest BCUT2D eigenvalue weighted by Crippen LogP contribution is 2.42. The molecule has 0 radical (unpaired) electrons. The summed E-state index contributed by atoms with van der Waals surface area (Å²) in [6.45, 7) is 0. The summed E-state index contributed by atoms with van der Waals surface area (Å²) in [5.41, 5.74) is 9.86. The first-order valence-corrected chi connectivity index (χ1v) is 17.1. The molecule has 0 saturated carbocycles. The molecule has 9 aromatic carbocycles. The van der Waals surface area contributed by atoms with Crippen molar-refractivity contribution in [3.05, 3.63) is 188 Å². The summed E-state index contributed by atoms with van der Waals surface area (Å²) in [6, 6.07) is 67.6. The third-order valence-corrected chi connectivity index (χ3v) is 10.0. The van der Waals surface area contributed by atoms with Crippen LogP contribution in [0.15, 0.2) is 192 Å². The van der Waals surface area contributed by atoms with Gasteiger partial charge in [0.25, 0.3) is 0 Å². The number of para-hydroxylation sites is 1. The van der Waals surface area contributed by atoms with Crippen LogP contribution in [0, 0.1) is 0 Å². The van der Waals surface area contributed by atoms with Gasteiger partial charge in [-0.15, -0.1) is 0 Å². The molecule has 0 aliphatic heterocycles. The Labute approximate surface area is 290 Å². The SMILES string of the molecule is c1cc(-c2cc3ccccc3c3ccccc23)cc(N(c2ccc(-c3cccc4ccccc34)cc2)c2ccc3oc4ccccc4c3c2)c1. The highest BCUT2D eigenvalue weighted by atomic mass is 16.3. The maximum atomic E-state index is 6.23. The molecule has 2 heteroatoms. The second-order valence-electron chi connectivity index (χ2n) is 12.9. The molecule has 0 spiro atoms. The molecule has 0 saturated heterocycles. The van der Waals surface area contributed by atoms with Crippen LogP contribution in [0.3, 0.4) is 0 Å². The van der Waals surface area contributed by atoms with Crippen molar-refractivity contribution in [2.75, 3.05) is 4.90 Å². The zero-order valence-electron chi connectivity index (χ0n) is 27.3. The minimum atomic E-state index is 0.887. The van der Waals surface area contributed by atoms with Crippen LogP contribution >= 0.6 is 0 Å². The Morgan fingerprint density at radius 2 is 0.920 bits per heavy atom. The lowest BCUT2D eigenvalue weighted by atomic mass is 9.93. The molecule has 0 atom stereocenters. The molecular formula is C48H31NO. The average molecular weight is 638 g/mol. The summed E-state index contributed by atoms with van der Waals surface area (Å²) in [7, 11) is 0. The van der Waals surface area contributed by atoms with Crippen LogP contribution in [0.4, 0.5) is 17.1 Å². The fourth-order valence-corrected chi connectivity index (χ4v) is 7.67. The molecule has 50 heavy (non-hydrogen) atoms. The molecule has 1 heterocycles. The van der Waals surface area contributed by atoms with Gasteiger partial charge in [0, 0.05) is 27.8 Å². The fourth-order valence-electron chi connectivity index (χ4n) is 7.67. The molecule has 2 nitrogen and oxygen atoms in total. The number of hydrogen-bond donors (Lipinski definition) is 0. The van der Waals surface area contributed by atoms with Crippen molar-refractivity contribution in [2.24, 2.45) is 0 Å². The molecule has 0 N–H and O–H groups in total. The third kappa shape index (κ3) is 4.65. The van der Waals surface area contributed by atoms with E-state index in [0.717, 1.165) is 39.0 Å². The maximum absolute atomic E-state index is 6.23. The van der Waals surface area contributed by atoms with E-state index in [2.05, 4.69) is 181 Å². The van der Waals surface area contributed by atoms with E-state index >= 15 is 0 Å². The predicted octanol–water partition coefficient (Wildman–Crippen LogP) is 13.8. The van der Waals surface area contributed by atoms with E-state index < -0.39 is 0 Å². The Morgan fingerprint density at radius 1 is 0.300 bits per heavy atom. The van der Waals surface area contributed by atoms with Crippen LogP contribution in [0.5, 0.6) is 0 Å². The molecule has 0 bridgehead atoms. The van der Waals surface area contributed by atoms with Gasteiger partial charge in [-0.25, -0.2) is 0 Å². The van der Waals surface area contributed by atoms with E-state index in [-0.39, 0.29) is 0 Å². The molecule has 0 fully saturated rings. The lowest BCUT2D eigenvalue weighted by molar-refractivity contribution is 0.669. The highest BCUT2D eigenvalue weighted by Gasteiger charge is 2.18. The van der Waals surface area contributed by atoms with Gasteiger partial charge < -0.3 is 9.32 Å². The van der Waals surface area contributed by atoms with Gasteiger partial charge in [-0.1, -0.05) is 133 Å². The first kappa shape index (κ1) is 28.4. The molecule has 0 unspecified atom stereocenters. The predicted molar refractivity (Wildman–Crippen MR) is 212 cm³/mol. The normalized spacial score (nSPS) is 11.6. The zero-order chi connectivity index (χ0) is 33.0. The van der Waals surface area contributed by atoms with Gasteiger partial charge in [0.15, 0.2) is 0 Å². The number of anilines is 3. The smallest absolute Gasteiger partial charge is 0.135 e. The molecule has 0 aliphatic carbocycles. The van der Waals surface area contributed by atoms with Crippen LogP contribution in [-0.2, 0) is 0 Å². The van der Waals surface area contributed by atoms with Crippen LogP contribution in [0.1, 0.15) is 0 Å². The quantitative estimate of drug-likeness (QED) is 0.175. The molecule has 0 amide bonds. The van der Waals surface area contributed by atoms with Crippen molar-refractivity contribution in [3.63, 3.8) is 0 Å². The van der Waals surface area contributed by atoms with Crippen molar-refractivity contribution in [1.82, 2.24) is 0 Å². The summed E-state index contributed by atoms with van der Waals surface area (Å²) >= 11 is 0. The van der Waals surface area contributed by atoms with Gasteiger partial charge in [0.05, 0.1) is 0 Å². The molecular weight excluding hydrogens is 607 g/mol. The summed E-state index contributed by atoms with van der Waals surface area (Å²) in [4.78, 5) is 2.36. The van der Waals surface area contributed by atoms with Gasteiger partial charge in [-0.3, -0.25) is 0 Å². The number of rotatable bonds is 5. The van der Waals surface area contributed by atoms with Gasteiger partial charge >= 0.3 is 0 Å². The van der Waals surface area contributed by atoms with Crippen molar-refractivity contribution < 1.29 is 4.42 Å². The summed E-state index contributed by atoms with van der Waals surface area (Å²) < 4.78 is 6.23. The van der Waals surface area contributed by atoms with E-state index in [4.69, 9.17) is 4.42 Å². The fraction of sp³-hybridized carbons (Fsp3) is 0. The van der Waals surface area contributed by atoms with Gasteiger partial charge in [0.1, 0.15) is 11.2 Å². The van der Waals surface area contributed by atoms with Gasteiger partial charge in [0.2, 0.25) is 0 Å². The van der Waals surface area contributed by atoms with Crippen molar-refractivity contribution >= 4 is 71.3 Å². The van der Waals surface area contributed by atoms with Crippen LogP contribution in [-0.4, -0.2) is 0 Å². The number of nitrogens with zero attached hydrogens (tertiary/aromatic N) is 1. The largest absolute Gasteiger partial charge is 0.456 e. The summed E-state index contributed by atoms with van der Waals surface area (Å²) in [5, 5.41) is 9.76. The number of fused-ring (bicyclic) bond motifs is 7. The molecule has 10 aromatic rings. The zero-order valence-corrected chi connectivity index (χ0v) is 27.3. The first-order chi connectivity index (χ1) is 24.8. The Morgan fingerprint density at radius 3 is 1.78 bits per heavy atom. The maximum Gasteiger partial charge on any atom is 0.135 e. The Bertz CT molecular complexity index is 2870. The molecule has 234 valence electrons. The average Bonchev–Trinajstić information content (AvgIpc) is 3.56. The van der Waals surface area contributed by atoms with E-state index in [9.17, 15) is 0 Å². The van der Waals surface area contributed by atoms with Crippen LogP contribution in [0.2, 0.25) is 0 Å². The van der Waals surface area contributed by atoms with Crippen LogP contribution in [0.25, 0.3) is 76.5 Å². The Hall–Kier alpha value is -6.64. The van der Waals surface area contributed by atoms with Crippen molar-refractivity contribution in [1.29, 1.82) is 0 Å². The number of furan rings is 1. The number of benzene rings is 9. The standard InChI is InChI=1S/C48H31NO/c1-3-16-39-32(11-1)13-10-21-40(39)33-23-25-36(26-24-33)49(38-27-28-48-46(31-38)44-20-7-8-22-47(44)50-48)37-15-9-14-34(29-37)45-30-35-12-2-4-17-41(35)42-18-5-6-19-43(42)45/h1-31H. The van der Waals surface area contributed by atoms with Crippen molar-refractivity contribution in [3.8, 4) is 22.3 Å². The summed E-state index contributed by atoms with van der Waals surface area (Å²) in [5.74, 6) is 0. The lowest BCUT2D eigenvalue weighted by Crippen LogP contribution is -2.10. The Kier molecular flexibility index (Phi) is 6.53. The number of hydrogen-bond acceptors (Lipinski definition) is 2. The molecule has 0 aliphatic rings. The van der Waals surface area contributed by atoms with E-state index in [0.29, 0.717) is 0 Å². The van der Waals surface area contributed by atoms with Crippen molar-refractivity contribution in [2.45, 2.75) is 0 Å². The molecule has 10 rings (SSSR count). The van der Waals surface area contributed by atoms with E-state index in [1.807, 2.05) is 12.1 Å². The van der Waals surface area contributed by atoms with Crippen LogP contribution < -0.4 is 4.90 Å². The minimum Gasteiger partial charge on any atom is -0.456 e. The van der Waals surface area contributed by atoms with Gasteiger partial charge in [-0.2, -0.15) is 0 Å². The Balaban J connectivity index is 1.16. The lowest BCUT2D eigenvalue weighted by Gasteiger charge is -2.26. The second-order valence-corrected chi connectivity index (χ2v) is 12.9. The topological polar surface area (TPSA) is 16.4 Å².